The van der Waals surface area contributed by atoms with E-state index in [-0.39, 0.29) is 17.9 Å². The second-order valence-electron chi connectivity index (χ2n) is 4.12. The summed E-state index contributed by atoms with van der Waals surface area (Å²) in [7, 11) is 0. The number of nitriles is 1. The fourth-order valence-corrected chi connectivity index (χ4v) is 1.80. The first-order valence-corrected chi connectivity index (χ1v) is 6.19. The molecule has 0 aliphatic heterocycles. The van der Waals surface area contributed by atoms with Crippen LogP contribution in [-0.2, 0) is 11.3 Å². The topological polar surface area (TPSA) is 76.1 Å². The van der Waals surface area contributed by atoms with Gasteiger partial charge in [0.1, 0.15) is 6.61 Å². The lowest BCUT2D eigenvalue weighted by atomic mass is 10.1. The predicted molar refractivity (Wildman–Crippen MR) is 76.1 cm³/mol. The SMILES string of the molecule is N#Cc1ccc(COC(=O)c2ccc(Cl)cc2N)cc1. The number of rotatable bonds is 3. The number of esters is 1. The maximum Gasteiger partial charge on any atom is 0.340 e. The summed E-state index contributed by atoms with van der Waals surface area (Å²) in [4.78, 5) is 11.9. The van der Waals surface area contributed by atoms with E-state index in [0.717, 1.165) is 5.56 Å². The Balaban J connectivity index is 2.03. The van der Waals surface area contributed by atoms with Crippen molar-refractivity contribution in [3.8, 4) is 6.07 Å². The zero-order valence-corrected chi connectivity index (χ0v) is 11.2. The largest absolute Gasteiger partial charge is 0.457 e. The van der Waals surface area contributed by atoms with Gasteiger partial charge in [0.2, 0.25) is 0 Å². The molecule has 0 saturated carbocycles. The summed E-state index contributed by atoms with van der Waals surface area (Å²) < 4.78 is 5.16. The summed E-state index contributed by atoms with van der Waals surface area (Å²) in [5.74, 6) is -0.511. The standard InChI is InChI=1S/C15H11ClN2O2/c16-12-5-6-13(14(18)7-12)15(19)20-9-11-3-1-10(8-17)2-4-11/h1-7H,9,18H2. The minimum atomic E-state index is -0.511. The van der Waals surface area contributed by atoms with E-state index >= 15 is 0 Å². The first kappa shape index (κ1) is 13.9. The number of carbonyl (C=O) groups is 1. The van der Waals surface area contributed by atoms with Gasteiger partial charge in [0.25, 0.3) is 0 Å². The monoisotopic (exact) mass is 286 g/mol. The average Bonchev–Trinajstić information content (AvgIpc) is 2.45. The van der Waals surface area contributed by atoms with Gasteiger partial charge in [-0.3, -0.25) is 0 Å². The van der Waals surface area contributed by atoms with Crippen molar-refractivity contribution in [1.82, 2.24) is 0 Å². The minimum absolute atomic E-state index is 0.118. The molecule has 2 aromatic rings. The third-order valence-corrected chi connectivity index (χ3v) is 2.92. The van der Waals surface area contributed by atoms with E-state index in [1.165, 1.54) is 12.1 Å². The number of hydrogen-bond donors (Lipinski definition) is 1. The molecule has 100 valence electrons. The molecule has 0 aliphatic rings. The van der Waals surface area contributed by atoms with Crippen LogP contribution in [0.4, 0.5) is 5.69 Å². The highest BCUT2D eigenvalue weighted by Gasteiger charge is 2.11. The third-order valence-electron chi connectivity index (χ3n) is 2.69. The molecule has 0 spiro atoms. The maximum atomic E-state index is 11.9. The number of anilines is 1. The molecular weight excluding hydrogens is 276 g/mol. The van der Waals surface area contributed by atoms with E-state index in [0.29, 0.717) is 10.6 Å². The maximum absolute atomic E-state index is 11.9. The highest BCUT2D eigenvalue weighted by Crippen LogP contribution is 2.19. The molecule has 0 saturated heterocycles. The summed E-state index contributed by atoms with van der Waals surface area (Å²) in [5.41, 5.74) is 7.62. The molecule has 0 aromatic heterocycles. The highest BCUT2D eigenvalue weighted by atomic mass is 35.5. The van der Waals surface area contributed by atoms with Gasteiger partial charge < -0.3 is 10.5 Å². The summed E-state index contributed by atoms with van der Waals surface area (Å²) in [5, 5.41) is 9.15. The first-order valence-electron chi connectivity index (χ1n) is 5.81. The molecule has 2 N–H and O–H groups in total. The molecule has 0 bridgehead atoms. The normalized spacial score (nSPS) is 9.80. The fraction of sp³-hybridized carbons (Fsp3) is 0.0667. The molecule has 0 atom stereocenters. The molecule has 4 nitrogen and oxygen atoms in total. The fourth-order valence-electron chi connectivity index (χ4n) is 1.62. The predicted octanol–water partition coefficient (Wildman–Crippen LogP) is 3.15. The lowest BCUT2D eigenvalue weighted by molar-refractivity contribution is 0.0474. The summed E-state index contributed by atoms with van der Waals surface area (Å²) in [6.07, 6.45) is 0. The second kappa shape index (κ2) is 6.09. The number of nitrogen functional groups attached to an aromatic ring is 1. The molecular formula is C15H11ClN2O2. The van der Waals surface area contributed by atoms with Crippen LogP contribution in [0.25, 0.3) is 0 Å². The molecule has 0 radical (unpaired) electrons. The number of hydrogen-bond acceptors (Lipinski definition) is 4. The molecule has 0 unspecified atom stereocenters. The van der Waals surface area contributed by atoms with Gasteiger partial charge in [-0.15, -0.1) is 0 Å². The average molecular weight is 287 g/mol. The highest BCUT2D eigenvalue weighted by molar-refractivity contribution is 6.31. The zero-order valence-electron chi connectivity index (χ0n) is 10.5. The van der Waals surface area contributed by atoms with Crippen molar-refractivity contribution in [3.05, 3.63) is 64.2 Å². The Bertz CT molecular complexity index is 675. The van der Waals surface area contributed by atoms with E-state index in [9.17, 15) is 4.79 Å². The van der Waals surface area contributed by atoms with Crippen molar-refractivity contribution >= 4 is 23.3 Å². The van der Waals surface area contributed by atoms with E-state index < -0.39 is 5.97 Å². The Morgan fingerprint density at radius 1 is 1.25 bits per heavy atom. The molecule has 0 aliphatic carbocycles. The smallest absolute Gasteiger partial charge is 0.340 e. The molecule has 5 heteroatoms. The van der Waals surface area contributed by atoms with Gasteiger partial charge in [-0.1, -0.05) is 23.7 Å². The van der Waals surface area contributed by atoms with Crippen LogP contribution in [0.2, 0.25) is 5.02 Å². The molecule has 0 heterocycles. The number of benzene rings is 2. The van der Waals surface area contributed by atoms with Crippen LogP contribution in [-0.4, -0.2) is 5.97 Å². The van der Waals surface area contributed by atoms with Crippen LogP contribution >= 0.6 is 11.6 Å². The van der Waals surface area contributed by atoms with Crippen LogP contribution in [0.5, 0.6) is 0 Å². The number of ether oxygens (including phenoxy) is 1. The molecule has 0 amide bonds. The van der Waals surface area contributed by atoms with Crippen LogP contribution in [0, 0.1) is 11.3 Å². The van der Waals surface area contributed by atoms with E-state index in [1.807, 2.05) is 6.07 Å². The Morgan fingerprint density at radius 3 is 2.55 bits per heavy atom. The number of halogens is 1. The van der Waals surface area contributed by atoms with Crippen molar-refractivity contribution in [1.29, 1.82) is 5.26 Å². The lowest BCUT2D eigenvalue weighted by Gasteiger charge is -2.07. The van der Waals surface area contributed by atoms with Crippen LogP contribution in [0.1, 0.15) is 21.5 Å². The number of nitrogens with zero attached hydrogens (tertiary/aromatic N) is 1. The Hall–Kier alpha value is -2.51. The third kappa shape index (κ3) is 3.28. The van der Waals surface area contributed by atoms with Crippen molar-refractivity contribution < 1.29 is 9.53 Å². The summed E-state index contributed by atoms with van der Waals surface area (Å²) in [6.45, 7) is 0.118. The molecule has 20 heavy (non-hydrogen) atoms. The molecule has 0 fully saturated rings. The van der Waals surface area contributed by atoms with Gasteiger partial charge in [0, 0.05) is 10.7 Å². The molecule has 2 aromatic carbocycles. The van der Waals surface area contributed by atoms with Gasteiger partial charge in [-0.2, -0.15) is 5.26 Å². The first-order chi connectivity index (χ1) is 9.60. The van der Waals surface area contributed by atoms with Crippen LogP contribution < -0.4 is 5.73 Å². The number of carbonyl (C=O) groups excluding carboxylic acids is 1. The van der Waals surface area contributed by atoms with Gasteiger partial charge in [-0.25, -0.2) is 4.79 Å². The van der Waals surface area contributed by atoms with E-state index in [1.54, 1.807) is 30.3 Å². The van der Waals surface area contributed by atoms with Crippen molar-refractivity contribution in [2.45, 2.75) is 6.61 Å². The quantitative estimate of drug-likeness (QED) is 0.694. The Morgan fingerprint density at radius 2 is 1.95 bits per heavy atom. The summed E-state index contributed by atoms with van der Waals surface area (Å²) in [6, 6.07) is 13.4. The van der Waals surface area contributed by atoms with Crippen molar-refractivity contribution in [3.63, 3.8) is 0 Å². The molecule has 2 rings (SSSR count). The lowest BCUT2D eigenvalue weighted by Crippen LogP contribution is -2.08. The van der Waals surface area contributed by atoms with Crippen molar-refractivity contribution in [2.24, 2.45) is 0 Å². The van der Waals surface area contributed by atoms with Gasteiger partial charge >= 0.3 is 5.97 Å². The number of nitrogens with two attached hydrogens (primary N) is 1. The zero-order chi connectivity index (χ0) is 14.5. The van der Waals surface area contributed by atoms with Gasteiger partial charge in [0.05, 0.1) is 17.2 Å². The Kier molecular flexibility index (Phi) is 4.24. The minimum Gasteiger partial charge on any atom is -0.457 e. The van der Waals surface area contributed by atoms with Crippen molar-refractivity contribution in [2.75, 3.05) is 5.73 Å². The summed E-state index contributed by atoms with van der Waals surface area (Å²) >= 11 is 5.76. The van der Waals surface area contributed by atoms with Crippen LogP contribution in [0.3, 0.4) is 0 Å². The Labute approximate surface area is 121 Å². The second-order valence-corrected chi connectivity index (χ2v) is 4.55. The van der Waals surface area contributed by atoms with Gasteiger partial charge in [-0.05, 0) is 35.9 Å². The van der Waals surface area contributed by atoms with E-state index in [4.69, 9.17) is 27.3 Å². The van der Waals surface area contributed by atoms with Gasteiger partial charge in [0.15, 0.2) is 0 Å². The van der Waals surface area contributed by atoms with Crippen LogP contribution in [0.15, 0.2) is 42.5 Å². The van der Waals surface area contributed by atoms with E-state index in [2.05, 4.69) is 0 Å².